The van der Waals surface area contributed by atoms with Gasteiger partial charge in [-0.05, 0) is 33.1 Å². The molecule has 14 heavy (non-hydrogen) atoms. The van der Waals surface area contributed by atoms with Gasteiger partial charge in [-0.15, -0.1) is 24.8 Å². The van der Waals surface area contributed by atoms with Crippen molar-refractivity contribution >= 4 is 30.8 Å². The van der Waals surface area contributed by atoms with Crippen LogP contribution in [0.3, 0.4) is 0 Å². The Kier molecular flexibility index (Phi) is 11.6. The van der Waals surface area contributed by atoms with E-state index in [9.17, 15) is 4.79 Å². The molecule has 0 saturated carbocycles. The number of carbonyl (C=O) groups is 1. The summed E-state index contributed by atoms with van der Waals surface area (Å²) >= 11 is 0. The summed E-state index contributed by atoms with van der Waals surface area (Å²) in [6, 6.07) is -0.743. The van der Waals surface area contributed by atoms with E-state index in [1.807, 2.05) is 13.8 Å². The molecular formula is C8H20Cl2N2O2. The van der Waals surface area contributed by atoms with Crippen molar-refractivity contribution < 1.29 is 9.90 Å². The van der Waals surface area contributed by atoms with E-state index in [1.54, 1.807) is 0 Å². The molecule has 0 aliphatic heterocycles. The summed E-state index contributed by atoms with van der Waals surface area (Å²) < 4.78 is 0. The van der Waals surface area contributed by atoms with Crippen LogP contribution in [0.25, 0.3) is 0 Å². The number of aliphatic carboxylic acids is 1. The van der Waals surface area contributed by atoms with Gasteiger partial charge in [0, 0.05) is 5.54 Å². The standard InChI is InChI=1S/C8H18N2O2.2ClH/c1-8(2,10)5-3-4-6(9)7(11)12;;/h6H,3-5,9-10H2,1-2H3,(H,11,12);2*1H/t6-;;/m0../s1. The normalized spacial score (nSPS) is 12.3. The molecule has 6 heteroatoms. The predicted molar refractivity (Wildman–Crippen MR) is 62.2 cm³/mol. The number of halogens is 2. The number of carboxylic acid groups (broad SMARTS) is 1. The maximum Gasteiger partial charge on any atom is 0.320 e. The molecule has 0 radical (unpaired) electrons. The van der Waals surface area contributed by atoms with E-state index in [0.29, 0.717) is 6.42 Å². The van der Waals surface area contributed by atoms with E-state index in [1.165, 1.54) is 0 Å². The minimum atomic E-state index is -0.940. The van der Waals surface area contributed by atoms with Crippen molar-refractivity contribution in [2.75, 3.05) is 0 Å². The van der Waals surface area contributed by atoms with E-state index in [0.717, 1.165) is 12.8 Å². The molecule has 0 bridgehead atoms. The quantitative estimate of drug-likeness (QED) is 0.679. The second kappa shape index (κ2) is 8.29. The SMILES string of the molecule is CC(C)(N)CCC[C@H](N)C(=O)O.Cl.Cl. The maximum absolute atomic E-state index is 10.3. The molecule has 1 atom stereocenters. The summed E-state index contributed by atoms with van der Waals surface area (Å²) in [5, 5.41) is 8.46. The fourth-order valence-electron chi connectivity index (χ4n) is 0.901. The lowest BCUT2D eigenvalue weighted by atomic mass is 9.97. The van der Waals surface area contributed by atoms with Crippen LogP contribution < -0.4 is 11.5 Å². The van der Waals surface area contributed by atoms with E-state index in [2.05, 4.69) is 0 Å². The summed E-state index contributed by atoms with van der Waals surface area (Å²) in [6.45, 7) is 3.83. The Morgan fingerprint density at radius 2 is 1.86 bits per heavy atom. The first-order valence-corrected chi connectivity index (χ1v) is 4.10. The molecule has 88 valence electrons. The molecule has 0 unspecified atom stereocenters. The fourth-order valence-corrected chi connectivity index (χ4v) is 0.901. The topological polar surface area (TPSA) is 89.3 Å². The van der Waals surface area contributed by atoms with Gasteiger partial charge in [-0.1, -0.05) is 0 Å². The Balaban J connectivity index is -0.000000605. The lowest BCUT2D eigenvalue weighted by Crippen LogP contribution is -2.34. The summed E-state index contributed by atoms with van der Waals surface area (Å²) in [5.41, 5.74) is 10.8. The average Bonchev–Trinajstić information content (AvgIpc) is 1.84. The summed E-state index contributed by atoms with van der Waals surface area (Å²) in [6.07, 6.45) is 2.06. The molecule has 0 saturated heterocycles. The number of hydrogen-bond donors (Lipinski definition) is 3. The smallest absolute Gasteiger partial charge is 0.320 e. The first-order valence-electron chi connectivity index (χ1n) is 4.10. The highest BCUT2D eigenvalue weighted by atomic mass is 35.5. The van der Waals surface area contributed by atoms with Crippen LogP contribution in [-0.2, 0) is 4.79 Å². The zero-order valence-corrected chi connectivity index (χ0v) is 10.2. The Bertz CT molecular complexity index is 160. The number of nitrogens with two attached hydrogens (primary N) is 2. The largest absolute Gasteiger partial charge is 0.480 e. The Labute approximate surface area is 97.2 Å². The molecule has 0 heterocycles. The van der Waals surface area contributed by atoms with Gasteiger partial charge in [0.1, 0.15) is 6.04 Å². The molecule has 4 nitrogen and oxygen atoms in total. The van der Waals surface area contributed by atoms with Crippen LogP contribution in [0.1, 0.15) is 33.1 Å². The van der Waals surface area contributed by atoms with Gasteiger partial charge in [-0.2, -0.15) is 0 Å². The number of rotatable bonds is 5. The second-order valence-electron chi connectivity index (χ2n) is 3.83. The van der Waals surface area contributed by atoms with Crippen molar-refractivity contribution in [1.29, 1.82) is 0 Å². The van der Waals surface area contributed by atoms with Crippen molar-refractivity contribution in [3.05, 3.63) is 0 Å². The van der Waals surface area contributed by atoms with Gasteiger partial charge in [0.2, 0.25) is 0 Å². The third-order valence-electron chi connectivity index (χ3n) is 1.65. The summed E-state index contributed by atoms with van der Waals surface area (Å²) in [5.74, 6) is -0.940. The summed E-state index contributed by atoms with van der Waals surface area (Å²) in [7, 11) is 0. The highest BCUT2D eigenvalue weighted by Crippen LogP contribution is 2.09. The van der Waals surface area contributed by atoms with Gasteiger partial charge in [-0.25, -0.2) is 0 Å². The highest BCUT2D eigenvalue weighted by Gasteiger charge is 2.14. The van der Waals surface area contributed by atoms with E-state index >= 15 is 0 Å². The fraction of sp³-hybridized carbons (Fsp3) is 0.875. The third-order valence-corrected chi connectivity index (χ3v) is 1.65. The highest BCUT2D eigenvalue weighted by molar-refractivity contribution is 5.85. The molecule has 0 spiro atoms. The van der Waals surface area contributed by atoms with Crippen molar-refractivity contribution in [2.45, 2.75) is 44.7 Å². The van der Waals surface area contributed by atoms with Crippen LogP contribution in [-0.4, -0.2) is 22.7 Å². The molecule has 0 rings (SSSR count). The van der Waals surface area contributed by atoms with Crippen molar-refractivity contribution in [3.8, 4) is 0 Å². The van der Waals surface area contributed by atoms with Gasteiger partial charge in [0.15, 0.2) is 0 Å². The van der Waals surface area contributed by atoms with Crippen molar-refractivity contribution in [3.63, 3.8) is 0 Å². The minimum Gasteiger partial charge on any atom is -0.480 e. The van der Waals surface area contributed by atoms with Crippen LogP contribution in [0.5, 0.6) is 0 Å². The predicted octanol–water partition coefficient (Wildman–Crippen LogP) is 1.15. The minimum absolute atomic E-state index is 0. The monoisotopic (exact) mass is 246 g/mol. The first kappa shape index (κ1) is 19.5. The second-order valence-corrected chi connectivity index (χ2v) is 3.83. The van der Waals surface area contributed by atoms with Crippen molar-refractivity contribution in [2.24, 2.45) is 11.5 Å². The van der Waals surface area contributed by atoms with Crippen molar-refractivity contribution in [1.82, 2.24) is 0 Å². The van der Waals surface area contributed by atoms with Gasteiger partial charge in [-0.3, -0.25) is 4.79 Å². The zero-order valence-electron chi connectivity index (χ0n) is 8.53. The Morgan fingerprint density at radius 1 is 1.43 bits per heavy atom. The molecule has 0 aromatic carbocycles. The lowest BCUT2D eigenvalue weighted by molar-refractivity contribution is -0.138. The number of carboxylic acids is 1. The molecule has 5 N–H and O–H groups in total. The molecular weight excluding hydrogens is 227 g/mol. The van der Waals surface area contributed by atoms with E-state index in [-0.39, 0.29) is 30.4 Å². The Morgan fingerprint density at radius 3 is 2.14 bits per heavy atom. The molecule has 0 aromatic rings. The van der Waals surface area contributed by atoms with Crippen LogP contribution in [0.2, 0.25) is 0 Å². The zero-order chi connectivity index (χ0) is 9.78. The van der Waals surface area contributed by atoms with Crippen LogP contribution in [0, 0.1) is 0 Å². The number of hydrogen-bond acceptors (Lipinski definition) is 3. The maximum atomic E-state index is 10.3. The molecule has 0 aliphatic rings. The molecule has 0 amide bonds. The van der Waals surface area contributed by atoms with Crippen LogP contribution in [0.4, 0.5) is 0 Å². The summed E-state index contributed by atoms with van der Waals surface area (Å²) in [4.78, 5) is 10.3. The molecule has 0 fully saturated rings. The van der Waals surface area contributed by atoms with E-state index in [4.69, 9.17) is 16.6 Å². The molecule has 0 aromatic heterocycles. The van der Waals surface area contributed by atoms with Gasteiger partial charge in [0.25, 0.3) is 0 Å². The van der Waals surface area contributed by atoms with Crippen LogP contribution >= 0.6 is 24.8 Å². The van der Waals surface area contributed by atoms with E-state index < -0.39 is 12.0 Å². The van der Waals surface area contributed by atoms with Crippen LogP contribution in [0.15, 0.2) is 0 Å². The molecule has 0 aliphatic carbocycles. The first-order chi connectivity index (χ1) is 5.33. The average molecular weight is 247 g/mol. The Hall–Kier alpha value is -0.0300. The third kappa shape index (κ3) is 12.0. The van der Waals surface area contributed by atoms with Gasteiger partial charge in [0.05, 0.1) is 0 Å². The van der Waals surface area contributed by atoms with Gasteiger partial charge >= 0.3 is 5.97 Å². The lowest BCUT2D eigenvalue weighted by Gasteiger charge is -2.18. The van der Waals surface area contributed by atoms with Gasteiger partial charge < -0.3 is 16.6 Å².